The molecule has 0 spiro atoms. The van der Waals surface area contributed by atoms with Gasteiger partial charge in [-0.15, -0.1) is 0 Å². The topological polar surface area (TPSA) is 115 Å². The maximum Gasteiger partial charge on any atom is 0.291 e. The average molecular weight is 301 g/mol. The van der Waals surface area contributed by atoms with Gasteiger partial charge < -0.3 is 5.73 Å². The number of hydrogen-bond donors (Lipinski definition) is 2. The summed E-state index contributed by atoms with van der Waals surface area (Å²) in [5, 5.41) is 10.9. The molecule has 0 amide bonds. The fraction of sp³-hybridized carbons (Fsp3) is 0.500. The van der Waals surface area contributed by atoms with Crippen molar-refractivity contribution in [2.45, 2.75) is 37.5 Å². The molecule has 1 aromatic rings. The Morgan fingerprint density at radius 2 is 2.00 bits per heavy atom. The summed E-state index contributed by atoms with van der Waals surface area (Å²) in [4.78, 5) is 9.79. The number of nitrogens with one attached hydrogen (secondary N) is 1. The largest absolute Gasteiger partial charge is 0.399 e. The highest BCUT2D eigenvalue weighted by molar-refractivity contribution is 7.89. The van der Waals surface area contributed by atoms with Crippen LogP contribution in [-0.4, -0.2) is 19.9 Å². The molecule has 1 rings (SSSR count). The summed E-state index contributed by atoms with van der Waals surface area (Å²) in [7, 11) is -3.89. The van der Waals surface area contributed by atoms with Gasteiger partial charge in [0, 0.05) is 18.3 Å². The lowest BCUT2D eigenvalue weighted by atomic mass is 10.2. The van der Waals surface area contributed by atoms with E-state index < -0.39 is 20.6 Å². The molecule has 0 aliphatic rings. The van der Waals surface area contributed by atoms with E-state index in [9.17, 15) is 18.5 Å². The zero-order chi connectivity index (χ0) is 15.2. The number of nitrogens with two attached hydrogens (primary N) is 1. The summed E-state index contributed by atoms with van der Waals surface area (Å²) in [6, 6.07) is 3.53. The predicted molar refractivity (Wildman–Crippen MR) is 76.8 cm³/mol. The van der Waals surface area contributed by atoms with Crippen molar-refractivity contribution < 1.29 is 13.3 Å². The van der Waals surface area contributed by atoms with Gasteiger partial charge in [-0.2, -0.15) is 0 Å². The van der Waals surface area contributed by atoms with E-state index in [1.807, 2.05) is 0 Å². The first-order valence-corrected chi connectivity index (χ1v) is 7.90. The summed E-state index contributed by atoms with van der Waals surface area (Å²) >= 11 is 0. The molecule has 112 valence electrons. The molecule has 0 fully saturated rings. The van der Waals surface area contributed by atoms with Gasteiger partial charge in [-0.25, -0.2) is 13.1 Å². The van der Waals surface area contributed by atoms with Crippen LogP contribution in [0.5, 0.6) is 0 Å². The van der Waals surface area contributed by atoms with Crippen molar-refractivity contribution in [3.8, 4) is 0 Å². The molecule has 0 unspecified atom stereocenters. The van der Waals surface area contributed by atoms with Crippen LogP contribution in [0.3, 0.4) is 0 Å². The number of anilines is 1. The van der Waals surface area contributed by atoms with E-state index >= 15 is 0 Å². The minimum atomic E-state index is -3.89. The van der Waals surface area contributed by atoms with Crippen molar-refractivity contribution in [2.24, 2.45) is 0 Å². The Balaban J connectivity index is 2.84. The van der Waals surface area contributed by atoms with Gasteiger partial charge in [0.1, 0.15) is 0 Å². The monoisotopic (exact) mass is 301 g/mol. The lowest BCUT2D eigenvalue weighted by molar-refractivity contribution is -0.387. The Kier molecular flexibility index (Phi) is 5.90. The van der Waals surface area contributed by atoms with Crippen LogP contribution in [0.2, 0.25) is 0 Å². The number of unbranched alkanes of at least 4 members (excludes halogenated alkanes) is 3. The smallest absolute Gasteiger partial charge is 0.291 e. The number of nitrogen functional groups attached to an aromatic ring is 1. The Labute approximate surface area is 118 Å². The first-order valence-electron chi connectivity index (χ1n) is 6.42. The van der Waals surface area contributed by atoms with E-state index in [0.29, 0.717) is 6.42 Å². The second kappa shape index (κ2) is 7.20. The van der Waals surface area contributed by atoms with Crippen LogP contribution in [0.25, 0.3) is 0 Å². The van der Waals surface area contributed by atoms with Crippen molar-refractivity contribution in [1.82, 2.24) is 4.72 Å². The van der Waals surface area contributed by atoms with Crippen LogP contribution in [0, 0.1) is 10.1 Å². The Bertz CT molecular complexity index is 572. The second-order valence-electron chi connectivity index (χ2n) is 4.44. The van der Waals surface area contributed by atoms with E-state index in [0.717, 1.165) is 31.4 Å². The Morgan fingerprint density at radius 1 is 1.30 bits per heavy atom. The molecule has 8 heteroatoms. The number of nitro benzene ring substituents is 1. The van der Waals surface area contributed by atoms with Gasteiger partial charge in [-0.1, -0.05) is 26.2 Å². The highest BCUT2D eigenvalue weighted by atomic mass is 32.2. The van der Waals surface area contributed by atoms with Crippen LogP contribution in [0.4, 0.5) is 11.4 Å². The SMILES string of the molecule is CCCCCCNS(=O)(=O)c1ccc(N)cc1[N+](=O)[O-]. The standard InChI is InChI=1S/C12H19N3O4S/c1-2-3-4-5-8-14-20(18,19)12-7-6-10(13)9-11(12)15(16)17/h6-7,9,14H,2-5,8,13H2,1H3. The molecule has 1 aromatic carbocycles. The van der Waals surface area contributed by atoms with Gasteiger partial charge in [-0.3, -0.25) is 10.1 Å². The highest BCUT2D eigenvalue weighted by Gasteiger charge is 2.25. The van der Waals surface area contributed by atoms with Gasteiger partial charge in [-0.05, 0) is 18.6 Å². The maximum absolute atomic E-state index is 12.0. The summed E-state index contributed by atoms with van der Waals surface area (Å²) in [5.41, 5.74) is 5.09. The molecule has 0 radical (unpaired) electrons. The minimum absolute atomic E-state index is 0.151. The fourth-order valence-corrected chi connectivity index (χ4v) is 2.96. The van der Waals surface area contributed by atoms with Crippen LogP contribution in [0.1, 0.15) is 32.6 Å². The molecule has 0 aliphatic carbocycles. The molecule has 0 atom stereocenters. The van der Waals surface area contributed by atoms with Crippen LogP contribution < -0.4 is 10.5 Å². The quantitative estimate of drug-likeness (QED) is 0.330. The normalized spacial score (nSPS) is 11.4. The van der Waals surface area contributed by atoms with E-state index in [2.05, 4.69) is 11.6 Å². The molecule has 0 aliphatic heterocycles. The van der Waals surface area contributed by atoms with E-state index in [1.165, 1.54) is 6.07 Å². The van der Waals surface area contributed by atoms with Crippen molar-refractivity contribution in [1.29, 1.82) is 0 Å². The van der Waals surface area contributed by atoms with Crippen molar-refractivity contribution >= 4 is 21.4 Å². The predicted octanol–water partition coefficient (Wildman–Crippen LogP) is 2.04. The molecule has 0 saturated carbocycles. The molecule has 20 heavy (non-hydrogen) atoms. The van der Waals surface area contributed by atoms with Gasteiger partial charge in [0.25, 0.3) is 5.69 Å². The number of benzene rings is 1. The van der Waals surface area contributed by atoms with Crippen LogP contribution in [0.15, 0.2) is 23.1 Å². The van der Waals surface area contributed by atoms with Gasteiger partial charge in [0.15, 0.2) is 4.90 Å². The minimum Gasteiger partial charge on any atom is -0.399 e. The molecule has 0 saturated heterocycles. The Morgan fingerprint density at radius 3 is 2.60 bits per heavy atom. The Hall–Kier alpha value is -1.67. The first-order chi connectivity index (χ1) is 9.38. The van der Waals surface area contributed by atoms with Gasteiger partial charge in [0.2, 0.25) is 10.0 Å². The zero-order valence-electron chi connectivity index (χ0n) is 11.3. The number of nitro groups is 1. The number of nitrogens with zero attached hydrogens (tertiary/aromatic N) is 1. The van der Waals surface area contributed by atoms with Crippen molar-refractivity contribution in [2.75, 3.05) is 12.3 Å². The maximum atomic E-state index is 12.0. The van der Waals surface area contributed by atoms with E-state index in [1.54, 1.807) is 0 Å². The third kappa shape index (κ3) is 4.46. The molecule has 0 heterocycles. The third-order valence-electron chi connectivity index (χ3n) is 2.79. The number of rotatable bonds is 8. The van der Waals surface area contributed by atoms with Crippen LogP contribution >= 0.6 is 0 Å². The lowest BCUT2D eigenvalue weighted by Crippen LogP contribution is -2.25. The lowest BCUT2D eigenvalue weighted by Gasteiger charge is -2.07. The molecule has 0 bridgehead atoms. The second-order valence-corrected chi connectivity index (χ2v) is 6.18. The van der Waals surface area contributed by atoms with Crippen molar-refractivity contribution in [3.05, 3.63) is 28.3 Å². The van der Waals surface area contributed by atoms with Crippen molar-refractivity contribution in [3.63, 3.8) is 0 Å². The molecular formula is C12H19N3O4S. The molecule has 3 N–H and O–H groups in total. The molecule has 7 nitrogen and oxygen atoms in total. The number of sulfonamides is 1. The van der Waals surface area contributed by atoms with Gasteiger partial charge >= 0.3 is 0 Å². The third-order valence-corrected chi connectivity index (χ3v) is 4.30. The highest BCUT2D eigenvalue weighted by Crippen LogP contribution is 2.25. The summed E-state index contributed by atoms with van der Waals surface area (Å²) in [6.45, 7) is 2.33. The number of hydrogen-bond acceptors (Lipinski definition) is 5. The van der Waals surface area contributed by atoms with Crippen LogP contribution in [-0.2, 0) is 10.0 Å². The summed E-state index contributed by atoms with van der Waals surface area (Å²) in [5.74, 6) is 0. The average Bonchev–Trinajstić information content (AvgIpc) is 2.38. The van der Waals surface area contributed by atoms with Gasteiger partial charge in [0.05, 0.1) is 4.92 Å². The molecule has 0 aromatic heterocycles. The van der Waals surface area contributed by atoms with E-state index in [-0.39, 0.29) is 17.1 Å². The first kappa shape index (κ1) is 16.4. The zero-order valence-corrected chi connectivity index (χ0v) is 12.1. The molecular weight excluding hydrogens is 282 g/mol. The summed E-state index contributed by atoms with van der Waals surface area (Å²) in [6.07, 6.45) is 3.71. The van der Waals surface area contributed by atoms with E-state index in [4.69, 9.17) is 5.73 Å². The fourth-order valence-electron chi connectivity index (χ4n) is 1.74. The summed E-state index contributed by atoms with van der Waals surface area (Å²) < 4.78 is 26.5.